The fourth-order valence-electron chi connectivity index (χ4n) is 2.05. The molecule has 1 amide bonds. The quantitative estimate of drug-likeness (QED) is 0.569. The first-order valence-electron chi connectivity index (χ1n) is 6.33. The van der Waals surface area contributed by atoms with Crippen LogP contribution in [-0.4, -0.2) is 49.8 Å². The van der Waals surface area contributed by atoms with Gasteiger partial charge in [-0.15, -0.1) is 0 Å². The predicted octanol–water partition coefficient (Wildman–Crippen LogP) is -0.0180. The third-order valence-electron chi connectivity index (χ3n) is 3.20. The van der Waals surface area contributed by atoms with E-state index in [9.17, 15) is 9.59 Å². The molecule has 6 heteroatoms. The van der Waals surface area contributed by atoms with Gasteiger partial charge in [0, 0.05) is 20.1 Å². The minimum atomic E-state index is -0.923. The van der Waals surface area contributed by atoms with Crippen LogP contribution in [0.3, 0.4) is 0 Å². The standard InChI is InChI=1S/C12H22N2O4/c1-18-10(6-12(16)17)8-14-11(15)3-2-9-4-5-13-7-9/h9-10,13H,2-8H2,1H3,(H,14,15)(H,16,17). The number of carboxylic acids is 1. The lowest BCUT2D eigenvalue weighted by molar-refractivity contribution is -0.140. The van der Waals surface area contributed by atoms with Crippen LogP contribution >= 0.6 is 0 Å². The fourth-order valence-corrected chi connectivity index (χ4v) is 2.05. The number of aliphatic carboxylic acids is 1. The third kappa shape index (κ3) is 5.97. The Labute approximate surface area is 107 Å². The van der Waals surface area contributed by atoms with Crippen molar-refractivity contribution in [2.75, 3.05) is 26.7 Å². The van der Waals surface area contributed by atoms with E-state index >= 15 is 0 Å². The van der Waals surface area contributed by atoms with Gasteiger partial charge in [-0.25, -0.2) is 0 Å². The predicted molar refractivity (Wildman–Crippen MR) is 66.3 cm³/mol. The summed E-state index contributed by atoms with van der Waals surface area (Å²) in [7, 11) is 1.45. The molecule has 1 aliphatic rings. The molecule has 1 fully saturated rings. The van der Waals surface area contributed by atoms with Gasteiger partial charge in [-0.05, 0) is 31.8 Å². The SMILES string of the molecule is COC(CNC(=O)CCC1CCNC1)CC(=O)O. The minimum Gasteiger partial charge on any atom is -0.481 e. The Morgan fingerprint density at radius 3 is 2.89 bits per heavy atom. The second-order valence-electron chi connectivity index (χ2n) is 4.66. The zero-order valence-corrected chi connectivity index (χ0v) is 10.8. The summed E-state index contributed by atoms with van der Waals surface area (Å²) in [5.74, 6) is -0.365. The maximum absolute atomic E-state index is 11.6. The van der Waals surface area contributed by atoms with Gasteiger partial charge in [0.25, 0.3) is 0 Å². The van der Waals surface area contributed by atoms with Gasteiger partial charge in [0.1, 0.15) is 0 Å². The number of carboxylic acid groups (broad SMARTS) is 1. The van der Waals surface area contributed by atoms with Gasteiger partial charge >= 0.3 is 5.97 Å². The summed E-state index contributed by atoms with van der Waals surface area (Å²) in [4.78, 5) is 22.1. The highest BCUT2D eigenvalue weighted by molar-refractivity contribution is 5.76. The number of hydrogen-bond acceptors (Lipinski definition) is 4. The van der Waals surface area contributed by atoms with Crippen LogP contribution in [0.1, 0.15) is 25.7 Å². The van der Waals surface area contributed by atoms with Crippen LogP contribution in [0.25, 0.3) is 0 Å². The average Bonchev–Trinajstić information content (AvgIpc) is 2.84. The number of rotatable bonds is 8. The Morgan fingerprint density at radius 2 is 2.33 bits per heavy atom. The van der Waals surface area contributed by atoms with E-state index in [1.807, 2.05) is 0 Å². The highest BCUT2D eigenvalue weighted by atomic mass is 16.5. The Balaban J connectivity index is 2.12. The lowest BCUT2D eigenvalue weighted by Gasteiger charge is -2.14. The van der Waals surface area contributed by atoms with Gasteiger partial charge in [0.05, 0.1) is 12.5 Å². The molecule has 18 heavy (non-hydrogen) atoms. The van der Waals surface area contributed by atoms with Crippen molar-refractivity contribution in [2.45, 2.75) is 31.8 Å². The van der Waals surface area contributed by atoms with Crippen molar-refractivity contribution >= 4 is 11.9 Å². The molecule has 0 radical (unpaired) electrons. The molecule has 0 spiro atoms. The summed E-state index contributed by atoms with van der Waals surface area (Å²) in [6.07, 6.45) is 1.96. The second kappa shape index (κ2) is 8.05. The summed E-state index contributed by atoms with van der Waals surface area (Å²) in [6.45, 7) is 2.29. The molecule has 0 saturated carbocycles. The van der Waals surface area contributed by atoms with Gasteiger partial charge in [0.15, 0.2) is 0 Å². The van der Waals surface area contributed by atoms with Crippen molar-refractivity contribution in [2.24, 2.45) is 5.92 Å². The highest BCUT2D eigenvalue weighted by Crippen LogP contribution is 2.13. The monoisotopic (exact) mass is 258 g/mol. The lowest BCUT2D eigenvalue weighted by Crippen LogP contribution is -2.34. The van der Waals surface area contributed by atoms with Crippen LogP contribution in [0.4, 0.5) is 0 Å². The molecule has 2 atom stereocenters. The van der Waals surface area contributed by atoms with E-state index in [2.05, 4.69) is 10.6 Å². The molecule has 1 rings (SSSR count). The zero-order valence-electron chi connectivity index (χ0n) is 10.8. The van der Waals surface area contributed by atoms with E-state index < -0.39 is 12.1 Å². The zero-order chi connectivity index (χ0) is 13.4. The van der Waals surface area contributed by atoms with Crippen LogP contribution in [0.5, 0.6) is 0 Å². The summed E-state index contributed by atoms with van der Waals surface area (Å²) in [5, 5.41) is 14.6. The van der Waals surface area contributed by atoms with Crippen molar-refractivity contribution < 1.29 is 19.4 Å². The maximum atomic E-state index is 11.6. The van der Waals surface area contributed by atoms with E-state index in [-0.39, 0.29) is 18.9 Å². The lowest BCUT2D eigenvalue weighted by atomic mass is 10.0. The van der Waals surface area contributed by atoms with Gasteiger partial charge in [-0.1, -0.05) is 0 Å². The summed E-state index contributed by atoms with van der Waals surface area (Å²) < 4.78 is 4.98. The first kappa shape index (κ1) is 14.9. The number of methoxy groups -OCH3 is 1. The Morgan fingerprint density at radius 1 is 1.56 bits per heavy atom. The molecule has 1 saturated heterocycles. The molecule has 0 bridgehead atoms. The summed E-state index contributed by atoms with van der Waals surface area (Å²) in [5.41, 5.74) is 0. The molecule has 0 aliphatic carbocycles. The van der Waals surface area contributed by atoms with E-state index in [0.717, 1.165) is 25.9 Å². The van der Waals surface area contributed by atoms with Crippen LogP contribution < -0.4 is 10.6 Å². The molecule has 2 unspecified atom stereocenters. The van der Waals surface area contributed by atoms with E-state index in [4.69, 9.17) is 9.84 Å². The number of nitrogens with one attached hydrogen (secondary N) is 2. The van der Waals surface area contributed by atoms with Crippen LogP contribution in [0.2, 0.25) is 0 Å². The Kier molecular flexibility index (Phi) is 6.67. The second-order valence-corrected chi connectivity index (χ2v) is 4.66. The molecule has 0 aromatic rings. The number of hydrogen-bond donors (Lipinski definition) is 3. The molecule has 0 aromatic carbocycles. The molecular weight excluding hydrogens is 236 g/mol. The Hall–Kier alpha value is -1.14. The average molecular weight is 258 g/mol. The first-order chi connectivity index (χ1) is 8.61. The van der Waals surface area contributed by atoms with E-state index in [0.29, 0.717) is 12.3 Å². The largest absolute Gasteiger partial charge is 0.481 e. The molecule has 3 N–H and O–H groups in total. The number of carbonyl (C=O) groups is 2. The van der Waals surface area contributed by atoms with Crippen molar-refractivity contribution in [3.05, 3.63) is 0 Å². The third-order valence-corrected chi connectivity index (χ3v) is 3.20. The molecule has 104 valence electrons. The van der Waals surface area contributed by atoms with Crippen molar-refractivity contribution in [3.63, 3.8) is 0 Å². The van der Waals surface area contributed by atoms with Crippen LogP contribution in [0, 0.1) is 5.92 Å². The van der Waals surface area contributed by atoms with Gasteiger partial charge < -0.3 is 20.5 Å². The smallest absolute Gasteiger partial charge is 0.306 e. The van der Waals surface area contributed by atoms with Gasteiger partial charge in [-0.2, -0.15) is 0 Å². The van der Waals surface area contributed by atoms with Crippen molar-refractivity contribution in [1.29, 1.82) is 0 Å². The molecule has 0 aromatic heterocycles. The van der Waals surface area contributed by atoms with Crippen molar-refractivity contribution in [1.82, 2.24) is 10.6 Å². The summed E-state index contributed by atoms with van der Waals surface area (Å²) >= 11 is 0. The molecule has 1 aliphatic heterocycles. The number of amides is 1. The van der Waals surface area contributed by atoms with Crippen LogP contribution in [-0.2, 0) is 14.3 Å². The van der Waals surface area contributed by atoms with E-state index in [1.165, 1.54) is 7.11 Å². The van der Waals surface area contributed by atoms with Gasteiger partial charge in [-0.3, -0.25) is 9.59 Å². The van der Waals surface area contributed by atoms with Crippen LogP contribution in [0.15, 0.2) is 0 Å². The number of carbonyl (C=O) groups excluding carboxylic acids is 1. The Bertz CT molecular complexity index is 277. The first-order valence-corrected chi connectivity index (χ1v) is 6.33. The fraction of sp³-hybridized carbons (Fsp3) is 0.833. The molecular formula is C12H22N2O4. The number of ether oxygens (including phenoxy) is 1. The molecule has 6 nitrogen and oxygen atoms in total. The van der Waals surface area contributed by atoms with E-state index in [1.54, 1.807) is 0 Å². The summed E-state index contributed by atoms with van der Waals surface area (Å²) in [6, 6.07) is 0. The van der Waals surface area contributed by atoms with Gasteiger partial charge in [0.2, 0.25) is 5.91 Å². The normalized spacial score (nSPS) is 20.6. The van der Waals surface area contributed by atoms with Crippen molar-refractivity contribution in [3.8, 4) is 0 Å². The maximum Gasteiger partial charge on any atom is 0.306 e. The topological polar surface area (TPSA) is 87.7 Å². The highest BCUT2D eigenvalue weighted by Gasteiger charge is 2.17. The molecule has 1 heterocycles. The minimum absolute atomic E-state index is 0.0330.